The molecule has 3 rings (SSSR count). The number of hydrogen-bond acceptors (Lipinski definition) is 8. The van der Waals surface area contributed by atoms with Crippen LogP contribution in [0.1, 0.15) is 17.6 Å². The Kier molecular flexibility index (Phi) is 3.23. The van der Waals surface area contributed by atoms with Gasteiger partial charge < -0.3 is 14.3 Å². The van der Waals surface area contributed by atoms with E-state index in [1.807, 2.05) is 0 Å². The number of nitrogens with zero attached hydrogens (tertiary/aromatic N) is 6. The molecule has 0 unspecified atom stereocenters. The Bertz CT molecular complexity index is 633. The summed E-state index contributed by atoms with van der Waals surface area (Å²) in [5.41, 5.74) is 0. The van der Waals surface area contributed by atoms with Gasteiger partial charge in [0.2, 0.25) is 16.8 Å². The molecule has 0 N–H and O–H groups in total. The first-order chi connectivity index (χ1) is 9.84. The molecule has 21 heavy (non-hydrogen) atoms. The van der Waals surface area contributed by atoms with Crippen molar-refractivity contribution in [1.29, 1.82) is 0 Å². The highest BCUT2D eigenvalue weighted by molar-refractivity contribution is 7.09. The molecule has 0 aliphatic carbocycles. The van der Waals surface area contributed by atoms with E-state index in [4.69, 9.17) is 4.52 Å². The summed E-state index contributed by atoms with van der Waals surface area (Å²) in [4.78, 5) is 11.1. The summed E-state index contributed by atoms with van der Waals surface area (Å²) < 4.78 is 45.7. The van der Waals surface area contributed by atoms with Crippen molar-refractivity contribution < 1.29 is 17.7 Å². The van der Waals surface area contributed by atoms with Gasteiger partial charge in [-0.1, -0.05) is 0 Å². The van der Waals surface area contributed by atoms with Gasteiger partial charge >= 0.3 is 6.18 Å². The third-order valence-corrected chi connectivity index (χ3v) is 3.78. The van der Waals surface area contributed by atoms with Crippen LogP contribution in [0.25, 0.3) is 0 Å². The predicted molar refractivity (Wildman–Crippen MR) is 68.5 cm³/mol. The highest BCUT2D eigenvalue weighted by Gasteiger charge is 2.39. The summed E-state index contributed by atoms with van der Waals surface area (Å²) in [5, 5.41) is 4.06. The van der Waals surface area contributed by atoms with Crippen LogP contribution in [-0.4, -0.2) is 46.7 Å². The smallest absolute Gasteiger partial charge is 0.345 e. The van der Waals surface area contributed by atoms with Crippen LogP contribution in [0, 0.1) is 0 Å². The summed E-state index contributed by atoms with van der Waals surface area (Å²) in [6, 6.07) is 0. The first-order valence-electron chi connectivity index (χ1n) is 6.01. The number of aromatic nitrogens is 4. The fourth-order valence-electron chi connectivity index (χ4n) is 1.82. The third-order valence-electron chi connectivity index (χ3n) is 3.00. The first-order valence-corrected chi connectivity index (χ1v) is 6.78. The molecule has 1 fully saturated rings. The van der Waals surface area contributed by atoms with Gasteiger partial charge in [0.25, 0.3) is 5.95 Å². The molecule has 1 aliphatic rings. The van der Waals surface area contributed by atoms with Crippen molar-refractivity contribution in [1.82, 2.24) is 19.5 Å². The highest BCUT2D eigenvalue weighted by atomic mass is 32.1. The maximum atomic E-state index is 12.4. The molecule has 11 heteroatoms. The lowest BCUT2D eigenvalue weighted by molar-refractivity contribution is -0.144. The van der Waals surface area contributed by atoms with Crippen molar-refractivity contribution in [3.63, 3.8) is 0 Å². The molecular formula is C10H11F3N6OS. The highest BCUT2D eigenvalue weighted by Crippen LogP contribution is 2.35. The molecular weight excluding hydrogens is 309 g/mol. The van der Waals surface area contributed by atoms with Gasteiger partial charge in [-0.2, -0.15) is 27.5 Å². The maximum Gasteiger partial charge on any atom is 0.452 e. The number of rotatable bonds is 3. The molecule has 0 spiro atoms. The van der Waals surface area contributed by atoms with E-state index in [2.05, 4.69) is 19.5 Å². The van der Waals surface area contributed by atoms with E-state index < -0.39 is 12.0 Å². The van der Waals surface area contributed by atoms with Gasteiger partial charge in [0.1, 0.15) is 0 Å². The second-order valence-corrected chi connectivity index (χ2v) is 5.56. The van der Waals surface area contributed by atoms with Crippen LogP contribution in [-0.2, 0) is 6.18 Å². The van der Waals surface area contributed by atoms with Crippen LogP contribution >= 0.6 is 11.5 Å². The van der Waals surface area contributed by atoms with Crippen LogP contribution in [0.2, 0.25) is 0 Å². The molecule has 0 radical (unpaired) electrons. The van der Waals surface area contributed by atoms with Gasteiger partial charge in [-0.15, -0.1) is 0 Å². The number of anilines is 2. The number of halogens is 3. The van der Waals surface area contributed by atoms with E-state index in [1.165, 1.54) is 0 Å². The minimum atomic E-state index is -4.51. The topological polar surface area (TPSA) is 71.2 Å². The molecule has 1 saturated heterocycles. The third kappa shape index (κ3) is 2.64. The average molecular weight is 320 g/mol. The van der Waals surface area contributed by atoms with Crippen molar-refractivity contribution in [2.24, 2.45) is 0 Å². The Morgan fingerprint density at radius 3 is 2.52 bits per heavy atom. The minimum Gasteiger partial charge on any atom is -0.345 e. The van der Waals surface area contributed by atoms with E-state index in [9.17, 15) is 13.2 Å². The molecule has 114 valence electrons. The van der Waals surface area contributed by atoms with Gasteiger partial charge in [-0.25, -0.2) is 0 Å². The van der Waals surface area contributed by atoms with Crippen molar-refractivity contribution in [2.75, 3.05) is 37.0 Å². The van der Waals surface area contributed by atoms with Crippen molar-refractivity contribution in [3.8, 4) is 0 Å². The quantitative estimate of drug-likeness (QED) is 0.851. The summed E-state index contributed by atoms with van der Waals surface area (Å²) in [5.74, 6) is -0.141. The van der Waals surface area contributed by atoms with Gasteiger partial charge in [-0.05, 0) is 5.16 Å². The second kappa shape index (κ2) is 4.83. The van der Waals surface area contributed by atoms with Crippen LogP contribution in [0.3, 0.4) is 0 Å². The molecule has 2 aromatic heterocycles. The Morgan fingerprint density at radius 1 is 1.29 bits per heavy atom. The van der Waals surface area contributed by atoms with Crippen molar-refractivity contribution in [3.05, 3.63) is 11.7 Å². The van der Waals surface area contributed by atoms with E-state index in [0.717, 1.165) is 11.5 Å². The van der Waals surface area contributed by atoms with Gasteiger partial charge in [-0.3, -0.25) is 0 Å². The zero-order valence-corrected chi connectivity index (χ0v) is 11.9. The molecule has 0 amide bonds. The molecule has 2 aromatic rings. The van der Waals surface area contributed by atoms with E-state index in [-0.39, 0.29) is 11.0 Å². The van der Waals surface area contributed by atoms with Crippen LogP contribution < -0.4 is 9.80 Å². The van der Waals surface area contributed by atoms with E-state index in [0.29, 0.717) is 24.9 Å². The van der Waals surface area contributed by atoms with Crippen LogP contribution in [0.15, 0.2) is 4.52 Å². The predicted octanol–water partition coefficient (Wildman–Crippen LogP) is 1.61. The fourth-order valence-corrected chi connectivity index (χ4v) is 2.53. The minimum absolute atomic E-state index is 0.00411. The largest absolute Gasteiger partial charge is 0.452 e. The van der Waals surface area contributed by atoms with Gasteiger partial charge in [0.15, 0.2) is 0 Å². The lowest BCUT2D eigenvalue weighted by Crippen LogP contribution is -2.45. The summed E-state index contributed by atoms with van der Waals surface area (Å²) in [6.07, 6.45) is -4.51. The Morgan fingerprint density at radius 2 is 2.00 bits per heavy atom. The molecule has 1 aliphatic heterocycles. The van der Waals surface area contributed by atoms with Crippen LogP contribution in [0.4, 0.5) is 24.3 Å². The molecule has 3 heterocycles. The summed E-state index contributed by atoms with van der Waals surface area (Å²) in [6.45, 7) is 0.975. The van der Waals surface area contributed by atoms with Crippen molar-refractivity contribution in [2.45, 2.75) is 12.1 Å². The lowest BCUT2D eigenvalue weighted by Gasteiger charge is -2.36. The Hall–Kier alpha value is -1.91. The van der Waals surface area contributed by atoms with E-state index >= 15 is 0 Å². The molecule has 0 saturated carbocycles. The Balaban J connectivity index is 1.64. The summed E-state index contributed by atoms with van der Waals surface area (Å²) in [7, 11) is 3.59. The molecule has 7 nitrogen and oxygen atoms in total. The Labute approximate surface area is 121 Å². The summed E-state index contributed by atoms with van der Waals surface area (Å²) >= 11 is 0.738. The monoisotopic (exact) mass is 320 g/mol. The average Bonchev–Trinajstić information content (AvgIpc) is 2.94. The zero-order chi connectivity index (χ0) is 15.2. The zero-order valence-electron chi connectivity index (χ0n) is 11.1. The maximum absolute atomic E-state index is 12.4. The van der Waals surface area contributed by atoms with Crippen molar-refractivity contribution >= 4 is 22.6 Å². The fraction of sp³-hybridized carbons (Fsp3) is 0.600. The van der Waals surface area contributed by atoms with Crippen LogP contribution in [0.5, 0.6) is 0 Å². The normalized spacial score (nSPS) is 16.1. The number of hydrogen-bond donors (Lipinski definition) is 0. The molecule has 0 bridgehead atoms. The van der Waals surface area contributed by atoms with Gasteiger partial charge in [0, 0.05) is 38.7 Å². The number of alkyl halides is 3. The lowest BCUT2D eigenvalue weighted by atomic mass is 10.0. The van der Waals surface area contributed by atoms with Gasteiger partial charge in [0.05, 0.1) is 5.92 Å². The first kappa shape index (κ1) is 14.0. The molecule has 0 aromatic carbocycles. The molecule has 0 atom stereocenters. The SMILES string of the molecule is CN(C)c1noc(C2CN(c3nc(C(F)(F)F)ns3)C2)n1. The second-order valence-electron chi connectivity index (χ2n) is 4.83. The van der Waals surface area contributed by atoms with E-state index in [1.54, 1.807) is 23.9 Å². The standard InChI is InChI=1S/C10H11F3N6OS/c1-18(2)8-14-6(20-16-8)5-3-19(4-5)9-15-7(17-21-9)10(11,12)13/h5H,3-4H2,1-2H3.